The van der Waals surface area contributed by atoms with E-state index in [1.165, 1.54) is 9.75 Å². The zero-order valence-electron chi connectivity index (χ0n) is 10.8. The summed E-state index contributed by atoms with van der Waals surface area (Å²) in [7, 11) is 0. The van der Waals surface area contributed by atoms with Crippen molar-refractivity contribution in [3.63, 3.8) is 0 Å². The number of amides is 1. The van der Waals surface area contributed by atoms with E-state index in [0.717, 1.165) is 27.3 Å². The molecule has 1 aliphatic heterocycles. The molecule has 1 aliphatic rings. The van der Waals surface area contributed by atoms with Gasteiger partial charge in [-0.15, -0.1) is 23.1 Å². The van der Waals surface area contributed by atoms with Crippen LogP contribution in [-0.4, -0.2) is 11.7 Å². The summed E-state index contributed by atoms with van der Waals surface area (Å²) in [6.07, 6.45) is 0. The van der Waals surface area contributed by atoms with Crippen LogP contribution < -0.4 is 10.6 Å². The minimum atomic E-state index is 0.0671. The topological polar surface area (TPSA) is 41.1 Å². The van der Waals surface area contributed by atoms with Gasteiger partial charge in [0.1, 0.15) is 0 Å². The third-order valence-corrected chi connectivity index (χ3v) is 6.20. The number of anilines is 2. The molecule has 2 aromatic rings. The maximum absolute atomic E-state index is 11.4. The molecule has 0 unspecified atom stereocenters. The number of nitrogens with one attached hydrogen (secondary N) is 2. The third kappa shape index (κ3) is 3.02. The van der Waals surface area contributed by atoms with Crippen molar-refractivity contribution in [2.45, 2.75) is 18.4 Å². The van der Waals surface area contributed by atoms with Crippen LogP contribution in [0, 0.1) is 6.92 Å². The van der Waals surface area contributed by atoms with Gasteiger partial charge in [0, 0.05) is 31.4 Å². The number of aryl methyl sites for hydroxylation is 1. The molecular formula is C14H13BrN2OS2. The highest BCUT2D eigenvalue weighted by Crippen LogP contribution is 2.34. The lowest BCUT2D eigenvalue weighted by Crippen LogP contribution is -2.18. The van der Waals surface area contributed by atoms with Crippen molar-refractivity contribution in [2.75, 3.05) is 16.4 Å². The molecule has 0 saturated heterocycles. The lowest BCUT2D eigenvalue weighted by molar-refractivity contribution is -0.113. The van der Waals surface area contributed by atoms with E-state index in [9.17, 15) is 4.79 Å². The number of hydrogen-bond donors (Lipinski definition) is 2. The molecule has 20 heavy (non-hydrogen) atoms. The average molecular weight is 369 g/mol. The summed E-state index contributed by atoms with van der Waals surface area (Å²) in [6, 6.07) is 8.24. The Morgan fingerprint density at radius 2 is 2.25 bits per heavy atom. The summed E-state index contributed by atoms with van der Waals surface area (Å²) in [5, 5.41) is 6.30. The van der Waals surface area contributed by atoms with Crippen molar-refractivity contribution in [2.24, 2.45) is 0 Å². The molecule has 3 rings (SSSR count). The highest BCUT2D eigenvalue weighted by atomic mass is 79.9. The van der Waals surface area contributed by atoms with Crippen molar-refractivity contribution in [3.8, 4) is 0 Å². The van der Waals surface area contributed by atoms with Crippen LogP contribution in [0.5, 0.6) is 0 Å². The third-order valence-electron chi connectivity index (χ3n) is 2.99. The van der Waals surface area contributed by atoms with Crippen LogP contribution >= 0.6 is 39.0 Å². The van der Waals surface area contributed by atoms with E-state index >= 15 is 0 Å². The quantitative estimate of drug-likeness (QED) is 0.839. The molecule has 0 aliphatic carbocycles. The molecule has 1 aromatic carbocycles. The number of thioether (sulfide) groups is 1. The van der Waals surface area contributed by atoms with E-state index in [0.29, 0.717) is 5.75 Å². The Morgan fingerprint density at radius 1 is 1.40 bits per heavy atom. The molecule has 2 heterocycles. The van der Waals surface area contributed by atoms with Gasteiger partial charge in [0.2, 0.25) is 5.91 Å². The van der Waals surface area contributed by atoms with Crippen molar-refractivity contribution in [1.82, 2.24) is 0 Å². The highest BCUT2D eigenvalue weighted by molar-refractivity contribution is 9.10. The molecule has 0 fully saturated rings. The maximum Gasteiger partial charge on any atom is 0.234 e. The first-order chi connectivity index (χ1) is 9.61. The molecule has 3 nitrogen and oxygen atoms in total. The predicted octanol–water partition coefficient (Wildman–Crippen LogP) is 4.48. The first kappa shape index (κ1) is 14.0. The summed E-state index contributed by atoms with van der Waals surface area (Å²) < 4.78 is 1.16. The number of carbonyl (C=O) groups is 1. The fraction of sp³-hybridized carbons (Fsp3) is 0.214. The van der Waals surface area contributed by atoms with E-state index in [2.05, 4.69) is 51.7 Å². The molecule has 6 heteroatoms. The normalized spacial score (nSPS) is 13.8. The minimum Gasteiger partial charge on any atom is -0.380 e. The number of hydrogen-bond acceptors (Lipinski definition) is 4. The second-order valence-corrected chi connectivity index (χ2v) is 7.73. The van der Waals surface area contributed by atoms with E-state index < -0.39 is 0 Å². The lowest BCUT2D eigenvalue weighted by Gasteiger charge is -2.17. The Kier molecular flexibility index (Phi) is 4.05. The molecule has 104 valence electrons. The van der Waals surface area contributed by atoms with Gasteiger partial charge in [0.25, 0.3) is 0 Å². The van der Waals surface area contributed by atoms with Crippen LogP contribution in [0.4, 0.5) is 11.4 Å². The van der Waals surface area contributed by atoms with Crippen molar-refractivity contribution in [1.29, 1.82) is 0 Å². The van der Waals surface area contributed by atoms with Crippen molar-refractivity contribution >= 4 is 56.3 Å². The molecular weight excluding hydrogens is 356 g/mol. The monoisotopic (exact) mass is 368 g/mol. The van der Waals surface area contributed by atoms with Gasteiger partial charge in [0.15, 0.2) is 0 Å². The lowest BCUT2D eigenvalue weighted by atomic mass is 10.2. The van der Waals surface area contributed by atoms with Gasteiger partial charge in [-0.2, -0.15) is 0 Å². The van der Waals surface area contributed by atoms with Crippen LogP contribution in [0.2, 0.25) is 0 Å². The fourth-order valence-electron chi connectivity index (χ4n) is 1.99. The van der Waals surface area contributed by atoms with Gasteiger partial charge in [-0.1, -0.05) is 0 Å². The van der Waals surface area contributed by atoms with E-state index in [4.69, 9.17) is 0 Å². The summed E-state index contributed by atoms with van der Waals surface area (Å²) in [6.45, 7) is 2.89. The van der Waals surface area contributed by atoms with E-state index in [1.807, 2.05) is 6.07 Å². The molecule has 0 atom stereocenters. The zero-order chi connectivity index (χ0) is 14.1. The summed E-state index contributed by atoms with van der Waals surface area (Å²) >= 11 is 6.89. The second-order valence-electron chi connectivity index (χ2n) is 4.52. The summed E-state index contributed by atoms with van der Waals surface area (Å²) in [5.74, 6) is 0.569. The van der Waals surface area contributed by atoms with Gasteiger partial charge in [-0.3, -0.25) is 4.79 Å². The SMILES string of the molecule is Cc1sc(CNc2ccc3c(c2)NC(=O)CS3)cc1Br. The first-order valence-electron chi connectivity index (χ1n) is 6.17. The standard InChI is InChI=1S/C14H13BrN2OS2/c1-8-11(15)5-10(20-8)6-16-9-2-3-13-12(4-9)17-14(18)7-19-13/h2-5,16H,6-7H2,1H3,(H,17,18). The summed E-state index contributed by atoms with van der Waals surface area (Å²) in [4.78, 5) is 15.1. The molecule has 1 aromatic heterocycles. The number of thiophene rings is 1. The minimum absolute atomic E-state index is 0.0671. The van der Waals surface area contributed by atoms with E-state index in [1.54, 1.807) is 23.1 Å². The number of fused-ring (bicyclic) bond motifs is 1. The van der Waals surface area contributed by atoms with Crippen LogP contribution in [0.25, 0.3) is 0 Å². The second kappa shape index (κ2) is 5.79. The van der Waals surface area contributed by atoms with Gasteiger partial charge >= 0.3 is 0 Å². The Labute approximate surface area is 134 Å². The van der Waals surface area contributed by atoms with Gasteiger partial charge in [-0.05, 0) is 47.1 Å². The van der Waals surface area contributed by atoms with Crippen LogP contribution in [0.1, 0.15) is 9.75 Å². The van der Waals surface area contributed by atoms with Crippen LogP contribution in [0.15, 0.2) is 33.6 Å². The molecule has 0 radical (unpaired) electrons. The maximum atomic E-state index is 11.4. The molecule has 1 amide bonds. The Morgan fingerprint density at radius 3 is 3.00 bits per heavy atom. The highest BCUT2D eigenvalue weighted by Gasteiger charge is 2.15. The molecule has 0 bridgehead atoms. The smallest absolute Gasteiger partial charge is 0.234 e. The first-order valence-corrected chi connectivity index (χ1v) is 8.77. The largest absolute Gasteiger partial charge is 0.380 e. The predicted molar refractivity (Wildman–Crippen MR) is 89.9 cm³/mol. The van der Waals surface area contributed by atoms with Gasteiger partial charge < -0.3 is 10.6 Å². The Hall–Kier alpha value is -0.980. The fourth-order valence-corrected chi connectivity index (χ4v) is 4.32. The van der Waals surface area contributed by atoms with E-state index in [-0.39, 0.29) is 5.91 Å². The average Bonchev–Trinajstić information content (AvgIpc) is 2.75. The number of benzene rings is 1. The van der Waals surface area contributed by atoms with Crippen molar-refractivity contribution in [3.05, 3.63) is 38.5 Å². The molecule has 2 N–H and O–H groups in total. The number of rotatable bonds is 3. The Bertz CT molecular complexity index is 650. The molecule has 0 spiro atoms. The Balaban J connectivity index is 1.72. The van der Waals surface area contributed by atoms with Crippen LogP contribution in [-0.2, 0) is 11.3 Å². The number of carbonyl (C=O) groups excluding carboxylic acids is 1. The van der Waals surface area contributed by atoms with Crippen LogP contribution in [0.3, 0.4) is 0 Å². The van der Waals surface area contributed by atoms with Gasteiger partial charge in [0.05, 0.1) is 11.4 Å². The van der Waals surface area contributed by atoms with Crippen molar-refractivity contribution < 1.29 is 4.79 Å². The summed E-state index contributed by atoms with van der Waals surface area (Å²) in [5.41, 5.74) is 1.92. The zero-order valence-corrected chi connectivity index (χ0v) is 14.0. The number of halogens is 1. The van der Waals surface area contributed by atoms with Gasteiger partial charge in [-0.25, -0.2) is 0 Å². The molecule has 0 saturated carbocycles.